The van der Waals surface area contributed by atoms with E-state index in [0.29, 0.717) is 11.8 Å². The molecule has 0 amide bonds. The number of aldehydes is 1. The van der Waals surface area contributed by atoms with Crippen molar-refractivity contribution >= 4 is 6.29 Å². The molecule has 0 aromatic heterocycles. The van der Waals surface area contributed by atoms with Crippen LogP contribution in [0.25, 0.3) is 0 Å². The molecule has 1 rings (SSSR count). The number of ether oxygens (including phenoxy) is 2. The molecule has 0 aliphatic rings. The van der Waals surface area contributed by atoms with E-state index in [0.717, 1.165) is 13.2 Å². The van der Waals surface area contributed by atoms with Crippen molar-refractivity contribution in [3.8, 4) is 11.5 Å². The first-order valence-corrected chi connectivity index (χ1v) is 5.62. The minimum Gasteiger partial charge on any atom is -0.493 e. The van der Waals surface area contributed by atoms with Crippen LogP contribution < -0.4 is 9.47 Å². The number of alkyl halides is 3. The summed E-state index contributed by atoms with van der Waals surface area (Å²) in [5.41, 5.74) is -0.381. The highest BCUT2D eigenvalue weighted by molar-refractivity contribution is 5.57. The number of benzene rings is 1. The predicted octanol–water partition coefficient (Wildman–Crippen LogP) is 3.42. The van der Waals surface area contributed by atoms with Crippen molar-refractivity contribution < 1.29 is 27.4 Å². The second kappa shape index (κ2) is 5.95. The molecule has 0 aliphatic carbocycles. The molecule has 1 unspecified atom stereocenters. The van der Waals surface area contributed by atoms with E-state index >= 15 is 0 Å². The van der Waals surface area contributed by atoms with Gasteiger partial charge in [-0.1, -0.05) is 13.0 Å². The fraction of sp³-hybridized carbons (Fsp3) is 0.462. The van der Waals surface area contributed by atoms with E-state index in [2.05, 4.69) is 0 Å². The molecular weight excluding hydrogens is 261 g/mol. The van der Waals surface area contributed by atoms with Crippen LogP contribution in [0.1, 0.15) is 30.4 Å². The van der Waals surface area contributed by atoms with Gasteiger partial charge in [-0.15, -0.1) is 0 Å². The van der Waals surface area contributed by atoms with Crippen molar-refractivity contribution in [2.75, 3.05) is 14.2 Å². The maximum absolute atomic E-state index is 12.8. The van der Waals surface area contributed by atoms with Gasteiger partial charge in [-0.25, -0.2) is 0 Å². The molecule has 1 aromatic carbocycles. The molecule has 0 fully saturated rings. The van der Waals surface area contributed by atoms with Crippen LogP contribution in [0.5, 0.6) is 11.5 Å². The standard InChI is InChI=1S/C13H15F3O3/c1-8(6-7-17)9-4-5-10(13(14,15)16)12(19-3)11(9)18-2/h4-5,7-8H,6H2,1-3H3. The van der Waals surface area contributed by atoms with Crippen molar-refractivity contribution in [2.24, 2.45) is 0 Å². The van der Waals surface area contributed by atoms with Crippen molar-refractivity contribution in [3.63, 3.8) is 0 Å². The first-order valence-electron chi connectivity index (χ1n) is 5.62. The molecule has 19 heavy (non-hydrogen) atoms. The highest BCUT2D eigenvalue weighted by atomic mass is 19.4. The summed E-state index contributed by atoms with van der Waals surface area (Å²) in [7, 11) is 2.43. The van der Waals surface area contributed by atoms with E-state index in [1.807, 2.05) is 0 Å². The smallest absolute Gasteiger partial charge is 0.420 e. The normalized spacial score (nSPS) is 12.9. The Hall–Kier alpha value is -1.72. The Bertz CT molecular complexity index is 455. The highest BCUT2D eigenvalue weighted by Gasteiger charge is 2.36. The lowest BCUT2D eigenvalue weighted by atomic mass is 9.95. The Labute approximate surface area is 109 Å². The molecule has 0 N–H and O–H groups in total. The van der Waals surface area contributed by atoms with E-state index in [9.17, 15) is 18.0 Å². The van der Waals surface area contributed by atoms with Gasteiger partial charge < -0.3 is 14.3 Å². The molecule has 3 nitrogen and oxygen atoms in total. The summed E-state index contributed by atoms with van der Waals surface area (Å²) in [5, 5.41) is 0. The second-order valence-corrected chi connectivity index (χ2v) is 4.07. The van der Waals surface area contributed by atoms with Gasteiger partial charge in [-0.2, -0.15) is 13.2 Å². The molecule has 6 heteroatoms. The van der Waals surface area contributed by atoms with Gasteiger partial charge in [0.2, 0.25) is 0 Å². The molecule has 1 aromatic rings. The third-order valence-corrected chi connectivity index (χ3v) is 2.84. The van der Waals surface area contributed by atoms with E-state index < -0.39 is 11.7 Å². The monoisotopic (exact) mass is 276 g/mol. The Kier molecular flexibility index (Phi) is 4.80. The quantitative estimate of drug-likeness (QED) is 0.773. The summed E-state index contributed by atoms with van der Waals surface area (Å²) in [4.78, 5) is 10.5. The zero-order valence-electron chi connectivity index (χ0n) is 10.9. The van der Waals surface area contributed by atoms with Crippen molar-refractivity contribution in [2.45, 2.75) is 25.4 Å². The van der Waals surface area contributed by atoms with Gasteiger partial charge in [0.05, 0.1) is 14.2 Å². The lowest BCUT2D eigenvalue weighted by Crippen LogP contribution is -2.10. The summed E-state index contributed by atoms with van der Waals surface area (Å²) in [5.74, 6) is -0.583. The SMILES string of the molecule is COc1c(C(C)CC=O)ccc(C(F)(F)F)c1OC. The summed E-state index contributed by atoms with van der Waals surface area (Å²) >= 11 is 0. The number of carbonyl (C=O) groups is 1. The Morgan fingerprint density at radius 3 is 2.21 bits per heavy atom. The van der Waals surface area contributed by atoms with Crippen LogP contribution in [0.3, 0.4) is 0 Å². The van der Waals surface area contributed by atoms with E-state index in [-0.39, 0.29) is 23.8 Å². The molecule has 0 bridgehead atoms. The zero-order chi connectivity index (χ0) is 14.6. The summed E-state index contributed by atoms with van der Waals surface area (Å²) in [6, 6.07) is 2.26. The molecule has 0 spiro atoms. The topological polar surface area (TPSA) is 35.5 Å². The largest absolute Gasteiger partial charge is 0.493 e. The van der Waals surface area contributed by atoms with Crippen molar-refractivity contribution in [3.05, 3.63) is 23.3 Å². The number of methoxy groups -OCH3 is 2. The number of halogens is 3. The molecule has 0 aliphatic heterocycles. The number of hydrogen-bond acceptors (Lipinski definition) is 3. The third-order valence-electron chi connectivity index (χ3n) is 2.84. The molecule has 0 saturated heterocycles. The molecule has 106 valence electrons. The maximum atomic E-state index is 12.8. The Morgan fingerprint density at radius 2 is 1.79 bits per heavy atom. The molecule has 0 saturated carbocycles. The Morgan fingerprint density at radius 1 is 1.21 bits per heavy atom. The van der Waals surface area contributed by atoms with Crippen LogP contribution in [0, 0.1) is 0 Å². The maximum Gasteiger partial charge on any atom is 0.420 e. The molecule has 0 heterocycles. The lowest BCUT2D eigenvalue weighted by molar-refractivity contribution is -0.138. The minimum absolute atomic E-state index is 0.0201. The van der Waals surface area contributed by atoms with Crippen LogP contribution in [0.2, 0.25) is 0 Å². The number of hydrogen-bond donors (Lipinski definition) is 0. The number of carbonyl (C=O) groups excluding carboxylic acids is 1. The van der Waals surface area contributed by atoms with Crippen LogP contribution in [-0.2, 0) is 11.0 Å². The van der Waals surface area contributed by atoms with Crippen LogP contribution in [0.4, 0.5) is 13.2 Å². The second-order valence-electron chi connectivity index (χ2n) is 4.07. The fourth-order valence-electron chi connectivity index (χ4n) is 1.87. The van der Waals surface area contributed by atoms with E-state index in [1.54, 1.807) is 6.92 Å². The minimum atomic E-state index is -4.52. The van der Waals surface area contributed by atoms with Gasteiger partial charge >= 0.3 is 6.18 Å². The average Bonchev–Trinajstić information content (AvgIpc) is 2.35. The van der Waals surface area contributed by atoms with E-state index in [4.69, 9.17) is 9.47 Å². The zero-order valence-corrected chi connectivity index (χ0v) is 10.9. The van der Waals surface area contributed by atoms with Gasteiger partial charge in [0, 0.05) is 12.0 Å². The average molecular weight is 276 g/mol. The predicted molar refractivity (Wildman–Crippen MR) is 63.6 cm³/mol. The lowest BCUT2D eigenvalue weighted by Gasteiger charge is -2.20. The van der Waals surface area contributed by atoms with Crippen molar-refractivity contribution in [1.29, 1.82) is 0 Å². The first kappa shape index (κ1) is 15.3. The van der Waals surface area contributed by atoms with Gasteiger partial charge in [-0.05, 0) is 12.0 Å². The van der Waals surface area contributed by atoms with Gasteiger partial charge in [0.25, 0.3) is 0 Å². The summed E-state index contributed by atoms with van der Waals surface area (Å²) < 4.78 is 48.4. The summed E-state index contributed by atoms with van der Waals surface area (Å²) in [6.07, 6.45) is -3.61. The van der Waals surface area contributed by atoms with E-state index in [1.165, 1.54) is 13.2 Å². The Balaban J connectivity index is 3.42. The fourth-order valence-corrected chi connectivity index (χ4v) is 1.87. The third kappa shape index (κ3) is 3.19. The molecule has 1 atom stereocenters. The highest BCUT2D eigenvalue weighted by Crippen LogP contribution is 2.45. The van der Waals surface area contributed by atoms with Gasteiger partial charge in [0.15, 0.2) is 11.5 Å². The van der Waals surface area contributed by atoms with Crippen molar-refractivity contribution in [1.82, 2.24) is 0 Å². The van der Waals surface area contributed by atoms with Crippen LogP contribution >= 0.6 is 0 Å². The number of rotatable bonds is 5. The molecule has 0 radical (unpaired) electrons. The van der Waals surface area contributed by atoms with Gasteiger partial charge in [0.1, 0.15) is 11.8 Å². The molecular formula is C13H15F3O3. The van der Waals surface area contributed by atoms with Crippen LogP contribution in [0.15, 0.2) is 12.1 Å². The van der Waals surface area contributed by atoms with Crippen LogP contribution in [-0.4, -0.2) is 20.5 Å². The first-order chi connectivity index (χ1) is 8.86. The van der Waals surface area contributed by atoms with Gasteiger partial charge in [-0.3, -0.25) is 0 Å². The summed E-state index contributed by atoms with van der Waals surface area (Å²) in [6.45, 7) is 1.74.